The summed E-state index contributed by atoms with van der Waals surface area (Å²) in [6, 6.07) is 45.9. The highest BCUT2D eigenvalue weighted by molar-refractivity contribution is 6.28. The fourth-order valence-electron chi connectivity index (χ4n) is 6.64. The molecule has 4 aromatic heterocycles. The van der Waals surface area contributed by atoms with Gasteiger partial charge < -0.3 is 8.97 Å². The molecule has 0 unspecified atom stereocenters. The van der Waals surface area contributed by atoms with E-state index in [-0.39, 0.29) is 0 Å². The van der Waals surface area contributed by atoms with Crippen molar-refractivity contribution in [1.82, 2.24) is 14.0 Å². The van der Waals surface area contributed by atoms with Crippen molar-refractivity contribution < 1.29 is 0 Å². The lowest BCUT2D eigenvalue weighted by atomic mass is 10.0. The van der Waals surface area contributed by atoms with Gasteiger partial charge in [0.15, 0.2) is 0 Å². The molecule has 0 saturated heterocycles. The van der Waals surface area contributed by atoms with E-state index in [2.05, 4.69) is 136 Å². The summed E-state index contributed by atoms with van der Waals surface area (Å²) in [5, 5.41) is 7.50. The highest BCUT2D eigenvalue weighted by Gasteiger charge is 2.20. The molecule has 0 bridgehead atoms. The van der Waals surface area contributed by atoms with Crippen molar-refractivity contribution >= 4 is 59.9 Å². The number of aromatic nitrogens is 3. The molecule has 3 nitrogen and oxygen atoms in total. The number of hydrogen-bond donors (Lipinski definition) is 0. The zero-order chi connectivity index (χ0) is 26.2. The van der Waals surface area contributed by atoms with Gasteiger partial charge in [0, 0.05) is 44.1 Å². The second kappa shape index (κ2) is 8.05. The van der Waals surface area contributed by atoms with Crippen LogP contribution in [-0.2, 0) is 0 Å². The minimum Gasteiger partial charge on any atom is -0.309 e. The van der Waals surface area contributed by atoms with Crippen molar-refractivity contribution in [2.75, 3.05) is 0 Å². The Labute approximate surface area is 230 Å². The summed E-state index contributed by atoms with van der Waals surface area (Å²) < 4.78 is 4.83. The van der Waals surface area contributed by atoms with Crippen LogP contribution in [0.1, 0.15) is 0 Å². The third kappa shape index (κ3) is 2.86. The second-order valence-electron chi connectivity index (χ2n) is 10.5. The molecule has 0 atom stereocenters. The quantitative estimate of drug-likeness (QED) is 0.213. The summed E-state index contributed by atoms with van der Waals surface area (Å²) >= 11 is 0. The van der Waals surface area contributed by atoms with Gasteiger partial charge in [0.05, 0.1) is 39.5 Å². The Morgan fingerprint density at radius 1 is 0.450 bits per heavy atom. The minimum absolute atomic E-state index is 1.06. The number of nitrogens with zero attached hydrogens (tertiary/aromatic N) is 3. The van der Waals surface area contributed by atoms with Crippen molar-refractivity contribution in [2.24, 2.45) is 0 Å². The Morgan fingerprint density at radius 3 is 2.00 bits per heavy atom. The smallest absolute Gasteiger partial charge is 0.0651 e. The van der Waals surface area contributed by atoms with E-state index >= 15 is 0 Å². The molecule has 5 aromatic carbocycles. The van der Waals surface area contributed by atoms with Gasteiger partial charge in [-0.1, -0.05) is 97.1 Å². The molecule has 0 aliphatic heterocycles. The van der Waals surface area contributed by atoms with Crippen LogP contribution in [0, 0.1) is 0 Å². The number of para-hydroxylation sites is 3. The van der Waals surface area contributed by atoms with Gasteiger partial charge in [-0.05, 0) is 35.9 Å². The molecule has 3 heteroatoms. The van der Waals surface area contributed by atoms with Crippen LogP contribution in [0.5, 0.6) is 0 Å². The van der Waals surface area contributed by atoms with Crippen LogP contribution in [0.25, 0.3) is 76.7 Å². The fraction of sp³-hybridized carbons (Fsp3) is 0. The maximum Gasteiger partial charge on any atom is 0.0651 e. The highest BCUT2D eigenvalue weighted by atomic mass is 15.0. The van der Waals surface area contributed by atoms with Crippen molar-refractivity contribution in [2.45, 2.75) is 0 Å². The van der Waals surface area contributed by atoms with Crippen LogP contribution in [-0.4, -0.2) is 14.0 Å². The second-order valence-corrected chi connectivity index (χ2v) is 10.5. The first-order chi connectivity index (χ1) is 19.9. The molecule has 9 aromatic rings. The Morgan fingerprint density at radius 2 is 1.12 bits per heavy atom. The Kier molecular flexibility index (Phi) is 4.33. The Bertz CT molecular complexity index is 2430. The zero-order valence-electron chi connectivity index (χ0n) is 21.6. The zero-order valence-corrected chi connectivity index (χ0v) is 21.6. The standard InChI is InChI=1S/C37H23N3/c1-2-10-24(11-3-1)26-20-27(23-38-22-26)39-33-16-8-5-13-28(33)29-18-19-31-35-21-25-12-4-7-15-32(25)40(35)34-17-9-6-14-30(34)36(31)37(29)39/h1-23H. The molecular formula is C37H23N3. The summed E-state index contributed by atoms with van der Waals surface area (Å²) in [5.74, 6) is 0. The van der Waals surface area contributed by atoms with Gasteiger partial charge in [0.1, 0.15) is 0 Å². The average Bonchev–Trinajstić information content (AvgIpc) is 3.58. The molecule has 0 fully saturated rings. The van der Waals surface area contributed by atoms with Crippen LogP contribution < -0.4 is 0 Å². The van der Waals surface area contributed by atoms with Gasteiger partial charge in [-0.3, -0.25) is 4.98 Å². The van der Waals surface area contributed by atoms with Gasteiger partial charge in [-0.2, -0.15) is 0 Å². The van der Waals surface area contributed by atoms with Crippen LogP contribution in [0.2, 0.25) is 0 Å². The van der Waals surface area contributed by atoms with E-state index in [1.165, 1.54) is 59.9 Å². The van der Waals surface area contributed by atoms with Crippen molar-refractivity contribution in [1.29, 1.82) is 0 Å². The van der Waals surface area contributed by atoms with E-state index in [0.29, 0.717) is 0 Å². The summed E-state index contributed by atoms with van der Waals surface area (Å²) in [4.78, 5) is 4.73. The number of fused-ring (bicyclic) bond motifs is 12. The Hall–Kier alpha value is -5.41. The number of rotatable bonds is 2. The first-order valence-corrected chi connectivity index (χ1v) is 13.6. The lowest BCUT2D eigenvalue weighted by Crippen LogP contribution is -1.98. The van der Waals surface area contributed by atoms with Gasteiger partial charge >= 0.3 is 0 Å². The Balaban J connectivity index is 1.51. The third-order valence-corrected chi connectivity index (χ3v) is 8.33. The monoisotopic (exact) mass is 509 g/mol. The van der Waals surface area contributed by atoms with E-state index in [4.69, 9.17) is 4.98 Å². The third-order valence-electron chi connectivity index (χ3n) is 8.33. The average molecular weight is 510 g/mol. The lowest BCUT2D eigenvalue weighted by Gasteiger charge is -2.14. The molecule has 0 saturated carbocycles. The van der Waals surface area contributed by atoms with E-state index in [1.807, 2.05) is 12.4 Å². The maximum absolute atomic E-state index is 4.73. The van der Waals surface area contributed by atoms with E-state index in [0.717, 1.165) is 16.8 Å². The SMILES string of the molecule is c1ccc(-c2cncc(-n3c4ccccc4c4ccc5c(c6ccccc6n6c7ccccc7cc56)c43)c2)cc1. The van der Waals surface area contributed by atoms with E-state index in [9.17, 15) is 0 Å². The lowest BCUT2D eigenvalue weighted by molar-refractivity contribution is 1.15. The summed E-state index contributed by atoms with van der Waals surface area (Å²) in [5.41, 5.74) is 9.40. The normalized spacial score (nSPS) is 12.0. The molecule has 0 radical (unpaired) electrons. The molecule has 9 rings (SSSR count). The van der Waals surface area contributed by atoms with Crippen LogP contribution in [0.15, 0.2) is 140 Å². The predicted molar refractivity (Wildman–Crippen MR) is 167 cm³/mol. The van der Waals surface area contributed by atoms with Gasteiger partial charge in [-0.15, -0.1) is 0 Å². The molecule has 0 amide bonds. The number of hydrogen-bond acceptors (Lipinski definition) is 1. The van der Waals surface area contributed by atoms with Gasteiger partial charge in [-0.25, -0.2) is 0 Å². The molecule has 186 valence electrons. The maximum atomic E-state index is 4.73. The molecule has 0 aliphatic carbocycles. The van der Waals surface area contributed by atoms with Crippen molar-refractivity contribution in [3.63, 3.8) is 0 Å². The number of pyridine rings is 2. The van der Waals surface area contributed by atoms with Gasteiger partial charge in [0.2, 0.25) is 0 Å². The van der Waals surface area contributed by atoms with Crippen LogP contribution >= 0.6 is 0 Å². The topological polar surface area (TPSA) is 22.2 Å². The molecule has 0 aliphatic rings. The fourth-order valence-corrected chi connectivity index (χ4v) is 6.64. The predicted octanol–water partition coefficient (Wildman–Crippen LogP) is 9.56. The van der Waals surface area contributed by atoms with Crippen LogP contribution in [0.4, 0.5) is 0 Å². The molecule has 0 spiro atoms. The molecular weight excluding hydrogens is 486 g/mol. The van der Waals surface area contributed by atoms with E-state index in [1.54, 1.807) is 0 Å². The van der Waals surface area contributed by atoms with E-state index < -0.39 is 0 Å². The first kappa shape index (κ1) is 21.5. The minimum atomic E-state index is 1.06. The van der Waals surface area contributed by atoms with Crippen LogP contribution in [0.3, 0.4) is 0 Å². The number of benzene rings is 5. The van der Waals surface area contributed by atoms with Gasteiger partial charge in [0.25, 0.3) is 0 Å². The van der Waals surface area contributed by atoms with Crippen molar-refractivity contribution in [3.05, 3.63) is 140 Å². The molecule has 0 N–H and O–H groups in total. The summed E-state index contributed by atoms with van der Waals surface area (Å²) in [7, 11) is 0. The largest absolute Gasteiger partial charge is 0.309 e. The van der Waals surface area contributed by atoms with Crippen molar-refractivity contribution in [3.8, 4) is 16.8 Å². The molecule has 40 heavy (non-hydrogen) atoms. The first-order valence-electron chi connectivity index (χ1n) is 13.6. The summed E-state index contributed by atoms with van der Waals surface area (Å²) in [6.45, 7) is 0. The summed E-state index contributed by atoms with van der Waals surface area (Å²) in [6.07, 6.45) is 3.94. The highest BCUT2D eigenvalue weighted by Crippen LogP contribution is 2.42. The molecule has 4 heterocycles.